The maximum Gasteiger partial charge on any atom is 0.254 e. The maximum atomic E-state index is 12.8. The molecule has 2 aliphatic heterocycles. The van der Waals surface area contributed by atoms with E-state index in [1.165, 1.54) is 12.8 Å². The molecule has 1 N–H and O–H groups in total. The molecule has 3 aliphatic rings. The van der Waals surface area contributed by atoms with Gasteiger partial charge in [-0.05, 0) is 49.4 Å². The van der Waals surface area contributed by atoms with Crippen molar-refractivity contribution < 1.29 is 14.6 Å². The number of rotatable bonds is 2. The van der Waals surface area contributed by atoms with E-state index in [1.807, 2.05) is 11.8 Å². The first kappa shape index (κ1) is 15.0. The van der Waals surface area contributed by atoms with Crippen LogP contribution in [0.25, 0.3) is 0 Å². The van der Waals surface area contributed by atoms with Crippen LogP contribution in [0, 0.1) is 12.8 Å². The zero-order valence-electron chi connectivity index (χ0n) is 13.6. The summed E-state index contributed by atoms with van der Waals surface area (Å²) in [6.45, 7) is 5.91. The number of nitrogens with zero attached hydrogens (tertiary/aromatic N) is 2. The molecule has 1 saturated carbocycles. The van der Waals surface area contributed by atoms with Crippen molar-refractivity contribution in [1.82, 2.24) is 9.80 Å². The lowest BCUT2D eigenvalue weighted by Gasteiger charge is -2.48. The second-order valence-corrected chi connectivity index (χ2v) is 7.08. The number of phenols is 1. The van der Waals surface area contributed by atoms with Gasteiger partial charge in [0.15, 0.2) is 0 Å². The minimum absolute atomic E-state index is 0.0655. The van der Waals surface area contributed by atoms with Gasteiger partial charge in [-0.15, -0.1) is 0 Å². The van der Waals surface area contributed by atoms with Crippen molar-refractivity contribution in [3.63, 3.8) is 0 Å². The first-order chi connectivity index (χ1) is 11.1. The third kappa shape index (κ3) is 2.83. The molecule has 5 heteroatoms. The fourth-order valence-corrected chi connectivity index (χ4v) is 4.01. The molecule has 3 fully saturated rings. The zero-order chi connectivity index (χ0) is 16.0. The van der Waals surface area contributed by atoms with E-state index < -0.39 is 0 Å². The summed E-state index contributed by atoms with van der Waals surface area (Å²) >= 11 is 0. The number of carbonyl (C=O) groups excluding carboxylic acids is 1. The van der Waals surface area contributed by atoms with Gasteiger partial charge in [-0.25, -0.2) is 0 Å². The molecule has 1 aliphatic carbocycles. The summed E-state index contributed by atoms with van der Waals surface area (Å²) in [5.41, 5.74) is 1.51. The third-order valence-electron chi connectivity index (χ3n) is 5.45. The summed E-state index contributed by atoms with van der Waals surface area (Å²) in [7, 11) is 0. The van der Waals surface area contributed by atoms with Crippen molar-refractivity contribution in [2.75, 3.05) is 32.8 Å². The molecule has 0 spiro atoms. The van der Waals surface area contributed by atoms with Crippen molar-refractivity contribution in [3.05, 3.63) is 29.3 Å². The highest BCUT2D eigenvalue weighted by atomic mass is 16.5. The molecule has 23 heavy (non-hydrogen) atoms. The van der Waals surface area contributed by atoms with Crippen LogP contribution in [-0.2, 0) is 4.74 Å². The molecule has 0 bridgehead atoms. The van der Waals surface area contributed by atoms with E-state index in [-0.39, 0.29) is 11.7 Å². The molecule has 4 rings (SSSR count). The minimum Gasteiger partial charge on any atom is -0.508 e. The quantitative estimate of drug-likeness (QED) is 0.901. The van der Waals surface area contributed by atoms with Crippen LogP contribution in [0.2, 0.25) is 0 Å². The Morgan fingerprint density at radius 2 is 2.09 bits per heavy atom. The molecule has 2 atom stereocenters. The van der Waals surface area contributed by atoms with Gasteiger partial charge in [0, 0.05) is 31.2 Å². The Morgan fingerprint density at radius 1 is 1.26 bits per heavy atom. The summed E-state index contributed by atoms with van der Waals surface area (Å²) in [6, 6.07) is 5.84. The highest BCUT2D eigenvalue weighted by Crippen LogP contribution is 2.38. The van der Waals surface area contributed by atoms with E-state index >= 15 is 0 Å². The average molecular weight is 316 g/mol. The fourth-order valence-electron chi connectivity index (χ4n) is 4.01. The summed E-state index contributed by atoms with van der Waals surface area (Å²) in [5, 5.41) is 9.52. The summed E-state index contributed by atoms with van der Waals surface area (Å²) < 4.78 is 5.81. The van der Waals surface area contributed by atoms with Gasteiger partial charge in [-0.2, -0.15) is 0 Å². The van der Waals surface area contributed by atoms with Gasteiger partial charge in [0.1, 0.15) is 5.75 Å². The van der Waals surface area contributed by atoms with Crippen molar-refractivity contribution in [2.45, 2.75) is 31.8 Å². The molecular formula is C18H24N2O3. The van der Waals surface area contributed by atoms with Gasteiger partial charge in [0.05, 0.1) is 19.3 Å². The van der Waals surface area contributed by atoms with Crippen molar-refractivity contribution in [3.8, 4) is 5.75 Å². The van der Waals surface area contributed by atoms with Crippen LogP contribution in [0.4, 0.5) is 0 Å². The van der Waals surface area contributed by atoms with Gasteiger partial charge in [0.25, 0.3) is 5.91 Å². The van der Waals surface area contributed by atoms with E-state index in [0.717, 1.165) is 44.3 Å². The first-order valence-electron chi connectivity index (χ1n) is 8.56. The second-order valence-electron chi connectivity index (χ2n) is 7.08. The standard InChI is InChI=1S/C18H24N2O3/c1-12-8-15(21)4-5-16(12)18(22)19-6-7-20-14(9-19)10-23-11-17(20)13-2-3-13/h4-5,8,13-14,17,21H,2-3,6-7,9-11H2,1H3/t14-,17-/m1/s1. The normalized spacial score (nSPS) is 28.5. The summed E-state index contributed by atoms with van der Waals surface area (Å²) in [5.74, 6) is 1.08. The number of amides is 1. The zero-order valence-corrected chi connectivity index (χ0v) is 13.6. The van der Waals surface area contributed by atoms with Gasteiger partial charge >= 0.3 is 0 Å². The Kier molecular flexibility index (Phi) is 3.77. The number of benzene rings is 1. The van der Waals surface area contributed by atoms with Crippen LogP contribution >= 0.6 is 0 Å². The van der Waals surface area contributed by atoms with Gasteiger partial charge in [-0.1, -0.05) is 0 Å². The first-order valence-corrected chi connectivity index (χ1v) is 8.56. The molecule has 1 amide bonds. The molecular weight excluding hydrogens is 292 g/mol. The number of hydrogen-bond donors (Lipinski definition) is 1. The predicted octanol–water partition coefficient (Wildman–Crippen LogP) is 1.64. The van der Waals surface area contributed by atoms with Crippen molar-refractivity contribution in [2.24, 2.45) is 5.92 Å². The number of phenolic OH excluding ortho intramolecular Hbond substituents is 1. The lowest BCUT2D eigenvalue weighted by atomic mass is 10.0. The maximum absolute atomic E-state index is 12.8. The van der Waals surface area contributed by atoms with E-state index in [2.05, 4.69) is 4.90 Å². The third-order valence-corrected chi connectivity index (χ3v) is 5.45. The lowest BCUT2D eigenvalue weighted by Crippen LogP contribution is -2.63. The molecule has 0 radical (unpaired) electrons. The minimum atomic E-state index is 0.0655. The molecule has 2 saturated heterocycles. The van der Waals surface area contributed by atoms with Gasteiger partial charge in [0.2, 0.25) is 0 Å². The molecule has 0 aromatic heterocycles. The number of piperazine rings is 1. The number of morpholine rings is 1. The van der Waals surface area contributed by atoms with E-state index in [9.17, 15) is 9.90 Å². The molecule has 124 valence electrons. The number of aromatic hydroxyl groups is 1. The number of fused-ring (bicyclic) bond motifs is 1. The van der Waals surface area contributed by atoms with Crippen LogP contribution in [0.5, 0.6) is 5.75 Å². The molecule has 1 aromatic carbocycles. The highest BCUT2D eigenvalue weighted by Gasteiger charge is 2.43. The Bertz CT molecular complexity index is 614. The summed E-state index contributed by atoms with van der Waals surface area (Å²) in [6.07, 6.45) is 2.65. The van der Waals surface area contributed by atoms with Gasteiger partial charge in [-0.3, -0.25) is 9.69 Å². The highest BCUT2D eigenvalue weighted by molar-refractivity contribution is 5.95. The topological polar surface area (TPSA) is 53.0 Å². The van der Waals surface area contributed by atoms with Gasteiger partial charge < -0.3 is 14.7 Å². The molecule has 2 heterocycles. The van der Waals surface area contributed by atoms with Crippen LogP contribution in [0.1, 0.15) is 28.8 Å². The lowest BCUT2D eigenvalue weighted by molar-refractivity contribution is -0.0816. The number of ether oxygens (including phenoxy) is 1. The van der Waals surface area contributed by atoms with E-state index in [1.54, 1.807) is 18.2 Å². The number of carbonyl (C=O) groups is 1. The molecule has 0 unspecified atom stereocenters. The van der Waals surface area contributed by atoms with Crippen molar-refractivity contribution in [1.29, 1.82) is 0 Å². The largest absolute Gasteiger partial charge is 0.508 e. The summed E-state index contributed by atoms with van der Waals surface area (Å²) in [4.78, 5) is 17.3. The fraction of sp³-hybridized carbons (Fsp3) is 0.611. The van der Waals surface area contributed by atoms with Crippen LogP contribution in [0.15, 0.2) is 18.2 Å². The van der Waals surface area contributed by atoms with Crippen LogP contribution in [-0.4, -0.2) is 65.7 Å². The SMILES string of the molecule is Cc1cc(O)ccc1C(=O)N1CCN2[C@@H](COC[C@@H]2C2CC2)C1. The Balaban J connectivity index is 1.48. The number of aryl methyl sites for hydroxylation is 1. The second kappa shape index (κ2) is 5.80. The Labute approximate surface area is 136 Å². The molecule has 5 nitrogen and oxygen atoms in total. The predicted molar refractivity (Wildman–Crippen MR) is 86.6 cm³/mol. The van der Waals surface area contributed by atoms with Crippen LogP contribution in [0.3, 0.4) is 0 Å². The molecule has 1 aromatic rings. The van der Waals surface area contributed by atoms with Crippen molar-refractivity contribution >= 4 is 5.91 Å². The van der Waals surface area contributed by atoms with E-state index in [0.29, 0.717) is 17.6 Å². The number of hydrogen-bond acceptors (Lipinski definition) is 4. The average Bonchev–Trinajstić information content (AvgIpc) is 3.38. The monoisotopic (exact) mass is 316 g/mol. The van der Waals surface area contributed by atoms with Crippen LogP contribution < -0.4 is 0 Å². The Hall–Kier alpha value is -1.59. The van der Waals surface area contributed by atoms with E-state index in [4.69, 9.17) is 4.74 Å². The Morgan fingerprint density at radius 3 is 2.83 bits per heavy atom. The smallest absolute Gasteiger partial charge is 0.254 e.